The van der Waals surface area contributed by atoms with Gasteiger partial charge in [-0.25, -0.2) is 0 Å². The SMILES string of the molecule is CC(Oc1cccc2ccccc12)C(=O)Nc1ccc2ccccc2c1. The fourth-order valence-corrected chi connectivity index (χ4v) is 3.05. The van der Waals surface area contributed by atoms with Crippen molar-refractivity contribution in [1.29, 1.82) is 0 Å². The number of nitrogens with one attached hydrogen (secondary N) is 1. The Bertz CT molecular complexity index is 1080. The summed E-state index contributed by atoms with van der Waals surface area (Å²) in [6.07, 6.45) is -0.604. The van der Waals surface area contributed by atoms with Crippen molar-refractivity contribution in [2.45, 2.75) is 13.0 Å². The topological polar surface area (TPSA) is 38.3 Å². The molecule has 0 bridgehead atoms. The average Bonchev–Trinajstić information content (AvgIpc) is 2.68. The third kappa shape index (κ3) is 3.24. The fourth-order valence-electron chi connectivity index (χ4n) is 3.05. The molecule has 0 aliphatic heterocycles. The zero-order chi connectivity index (χ0) is 17.9. The molecule has 0 fully saturated rings. The molecular weight excluding hydrogens is 322 g/mol. The van der Waals surface area contributed by atoms with Gasteiger partial charge in [-0.3, -0.25) is 4.79 Å². The van der Waals surface area contributed by atoms with Crippen LogP contribution in [0, 0.1) is 0 Å². The smallest absolute Gasteiger partial charge is 0.265 e. The van der Waals surface area contributed by atoms with E-state index in [-0.39, 0.29) is 5.91 Å². The van der Waals surface area contributed by atoms with Crippen molar-refractivity contribution < 1.29 is 9.53 Å². The van der Waals surface area contributed by atoms with E-state index in [2.05, 4.69) is 5.32 Å². The molecule has 1 amide bonds. The maximum atomic E-state index is 12.6. The molecule has 4 aromatic rings. The van der Waals surface area contributed by atoms with Crippen molar-refractivity contribution in [2.24, 2.45) is 0 Å². The predicted octanol–water partition coefficient (Wildman–Crippen LogP) is 5.40. The zero-order valence-corrected chi connectivity index (χ0v) is 14.5. The normalized spacial score (nSPS) is 12.0. The maximum Gasteiger partial charge on any atom is 0.265 e. The van der Waals surface area contributed by atoms with Crippen LogP contribution < -0.4 is 10.1 Å². The lowest BCUT2D eigenvalue weighted by atomic mass is 10.1. The first-order valence-corrected chi connectivity index (χ1v) is 8.65. The van der Waals surface area contributed by atoms with E-state index in [1.165, 1.54) is 0 Å². The lowest BCUT2D eigenvalue weighted by Gasteiger charge is -2.16. The van der Waals surface area contributed by atoms with Crippen molar-refractivity contribution in [1.82, 2.24) is 0 Å². The van der Waals surface area contributed by atoms with Gasteiger partial charge in [0.25, 0.3) is 5.91 Å². The second kappa shape index (κ2) is 6.89. The summed E-state index contributed by atoms with van der Waals surface area (Å²) in [4.78, 5) is 12.6. The third-order valence-corrected chi connectivity index (χ3v) is 4.44. The number of hydrogen-bond acceptors (Lipinski definition) is 2. The molecule has 0 aromatic heterocycles. The Morgan fingerprint density at radius 1 is 0.808 bits per heavy atom. The molecule has 0 aliphatic rings. The van der Waals surface area contributed by atoms with Crippen LogP contribution in [-0.4, -0.2) is 12.0 Å². The first-order chi connectivity index (χ1) is 12.7. The Morgan fingerprint density at radius 2 is 1.50 bits per heavy atom. The first-order valence-electron chi connectivity index (χ1n) is 8.65. The summed E-state index contributed by atoms with van der Waals surface area (Å²) in [5.74, 6) is 0.539. The summed E-state index contributed by atoms with van der Waals surface area (Å²) >= 11 is 0. The molecule has 128 valence electrons. The maximum absolute atomic E-state index is 12.6. The van der Waals surface area contributed by atoms with Gasteiger partial charge < -0.3 is 10.1 Å². The third-order valence-electron chi connectivity index (χ3n) is 4.44. The van der Waals surface area contributed by atoms with Gasteiger partial charge in [0.05, 0.1) is 0 Å². The molecule has 0 aliphatic carbocycles. The Kier molecular flexibility index (Phi) is 4.28. The van der Waals surface area contributed by atoms with Crippen LogP contribution in [0.3, 0.4) is 0 Å². The fraction of sp³-hybridized carbons (Fsp3) is 0.0870. The number of anilines is 1. The number of hydrogen-bond donors (Lipinski definition) is 1. The van der Waals surface area contributed by atoms with Crippen molar-refractivity contribution >= 4 is 33.1 Å². The van der Waals surface area contributed by atoms with Crippen molar-refractivity contribution in [3.05, 3.63) is 84.9 Å². The zero-order valence-electron chi connectivity index (χ0n) is 14.5. The number of carbonyl (C=O) groups excluding carboxylic acids is 1. The molecule has 1 unspecified atom stereocenters. The molecule has 1 atom stereocenters. The monoisotopic (exact) mass is 341 g/mol. The molecule has 4 aromatic carbocycles. The molecule has 4 rings (SSSR count). The number of amides is 1. The number of fused-ring (bicyclic) bond motifs is 2. The Hall–Kier alpha value is -3.33. The molecule has 3 nitrogen and oxygen atoms in total. The minimum absolute atomic E-state index is 0.173. The van der Waals surface area contributed by atoms with Crippen LogP contribution in [0.2, 0.25) is 0 Å². The van der Waals surface area contributed by atoms with Gasteiger partial charge >= 0.3 is 0 Å². The molecule has 0 saturated carbocycles. The van der Waals surface area contributed by atoms with Crippen LogP contribution in [0.1, 0.15) is 6.92 Å². The van der Waals surface area contributed by atoms with Crippen LogP contribution in [0.5, 0.6) is 5.75 Å². The lowest BCUT2D eigenvalue weighted by Crippen LogP contribution is -2.30. The van der Waals surface area contributed by atoms with Gasteiger partial charge in [-0.2, -0.15) is 0 Å². The predicted molar refractivity (Wildman–Crippen MR) is 107 cm³/mol. The van der Waals surface area contributed by atoms with Gasteiger partial charge in [0.15, 0.2) is 6.10 Å². The number of benzene rings is 4. The van der Waals surface area contributed by atoms with Crippen molar-refractivity contribution in [3.8, 4) is 5.75 Å². The van der Waals surface area contributed by atoms with E-state index in [0.29, 0.717) is 5.75 Å². The summed E-state index contributed by atoms with van der Waals surface area (Å²) in [5, 5.41) is 7.26. The summed E-state index contributed by atoms with van der Waals surface area (Å²) < 4.78 is 5.94. The van der Waals surface area contributed by atoms with Gasteiger partial charge in [-0.15, -0.1) is 0 Å². The van der Waals surface area contributed by atoms with Gasteiger partial charge in [0.1, 0.15) is 5.75 Å². The second-order valence-corrected chi connectivity index (χ2v) is 6.29. The van der Waals surface area contributed by atoms with E-state index in [1.54, 1.807) is 6.92 Å². The molecule has 0 saturated heterocycles. The highest BCUT2D eigenvalue weighted by Gasteiger charge is 2.16. The average molecular weight is 341 g/mol. The first kappa shape index (κ1) is 16.2. The minimum atomic E-state index is -0.604. The molecule has 26 heavy (non-hydrogen) atoms. The molecule has 0 heterocycles. The molecule has 0 spiro atoms. The Morgan fingerprint density at radius 3 is 2.35 bits per heavy atom. The van der Waals surface area contributed by atoms with Gasteiger partial charge in [-0.05, 0) is 41.3 Å². The lowest BCUT2D eigenvalue weighted by molar-refractivity contribution is -0.122. The van der Waals surface area contributed by atoms with E-state index in [9.17, 15) is 4.79 Å². The highest BCUT2D eigenvalue weighted by Crippen LogP contribution is 2.26. The van der Waals surface area contributed by atoms with E-state index in [4.69, 9.17) is 4.74 Å². The van der Waals surface area contributed by atoms with Crippen molar-refractivity contribution in [3.63, 3.8) is 0 Å². The van der Waals surface area contributed by atoms with Crippen LogP contribution in [0.4, 0.5) is 5.69 Å². The summed E-state index contributed by atoms with van der Waals surface area (Å²) in [7, 11) is 0. The summed E-state index contributed by atoms with van der Waals surface area (Å²) in [5.41, 5.74) is 0.766. The van der Waals surface area contributed by atoms with Crippen molar-refractivity contribution in [2.75, 3.05) is 5.32 Å². The Balaban J connectivity index is 1.52. The van der Waals surface area contributed by atoms with E-state index >= 15 is 0 Å². The quantitative estimate of drug-likeness (QED) is 0.540. The van der Waals surface area contributed by atoms with Gasteiger partial charge in [0.2, 0.25) is 0 Å². The largest absolute Gasteiger partial charge is 0.480 e. The summed E-state index contributed by atoms with van der Waals surface area (Å²) in [6, 6.07) is 27.8. The standard InChI is InChI=1S/C23H19NO2/c1-16(26-22-12-6-10-18-8-4-5-11-21(18)22)23(25)24-20-14-13-17-7-2-3-9-19(17)15-20/h2-16H,1H3,(H,24,25). The van der Waals surface area contributed by atoms with E-state index in [1.807, 2.05) is 84.9 Å². The van der Waals surface area contributed by atoms with Crippen LogP contribution >= 0.6 is 0 Å². The number of carbonyl (C=O) groups is 1. The molecular formula is C23H19NO2. The van der Waals surface area contributed by atoms with Crippen LogP contribution in [0.15, 0.2) is 84.9 Å². The van der Waals surface area contributed by atoms with Gasteiger partial charge in [-0.1, -0.05) is 66.7 Å². The van der Waals surface area contributed by atoms with Gasteiger partial charge in [0, 0.05) is 11.1 Å². The molecule has 3 heteroatoms. The highest BCUT2D eigenvalue weighted by molar-refractivity contribution is 5.97. The molecule has 1 N–H and O–H groups in total. The van der Waals surface area contributed by atoms with Crippen LogP contribution in [0.25, 0.3) is 21.5 Å². The van der Waals surface area contributed by atoms with E-state index in [0.717, 1.165) is 27.2 Å². The summed E-state index contributed by atoms with van der Waals surface area (Å²) in [6.45, 7) is 1.76. The van der Waals surface area contributed by atoms with E-state index < -0.39 is 6.10 Å². The number of ether oxygens (including phenoxy) is 1. The number of rotatable bonds is 4. The molecule has 0 radical (unpaired) electrons. The Labute approximate surface area is 152 Å². The van der Waals surface area contributed by atoms with Crippen LogP contribution in [-0.2, 0) is 4.79 Å². The minimum Gasteiger partial charge on any atom is -0.480 e. The highest BCUT2D eigenvalue weighted by atomic mass is 16.5. The second-order valence-electron chi connectivity index (χ2n) is 6.29.